The smallest absolute Gasteiger partial charge is 0.422 e. The van der Waals surface area contributed by atoms with Crippen LogP contribution in [0.5, 0.6) is 5.75 Å². The molecule has 6 nitrogen and oxygen atoms in total. The van der Waals surface area contributed by atoms with Crippen LogP contribution >= 0.6 is 0 Å². The van der Waals surface area contributed by atoms with E-state index in [2.05, 4.69) is 25.2 Å². The van der Waals surface area contributed by atoms with Crippen LogP contribution < -0.4 is 10.1 Å². The minimum Gasteiger partial charge on any atom is -0.483 e. The van der Waals surface area contributed by atoms with Crippen molar-refractivity contribution in [1.29, 1.82) is 0 Å². The van der Waals surface area contributed by atoms with Gasteiger partial charge in [-0.1, -0.05) is 36.4 Å². The molecule has 0 saturated carbocycles. The van der Waals surface area contributed by atoms with Gasteiger partial charge in [0.05, 0.1) is 36.1 Å². The number of hydrogen-bond acceptors (Lipinski definition) is 4. The molecular formula is C24H21F3N4O2. The quantitative estimate of drug-likeness (QED) is 0.413. The molecule has 2 aromatic heterocycles. The van der Waals surface area contributed by atoms with Crippen LogP contribution in [0.4, 0.5) is 13.2 Å². The molecule has 1 atom stereocenters. The van der Waals surface area contributed by atoms with E-state index >= 15 is 0 Å². The molecule has 2 aromatic carbocycles. The van der Waals surface area contributed by atoms with E-state index in [0.29, 0.717) is 5.69 Å². The van der Waals surface area contributed by atoms with E-state index in [1.54, 1.807) is 13.1 Å². The summed E-state index contributed by atoms with van der Waals surface area (Å²) in [5.41, 5.74) is 4.41. The van der Waals surface area contributed by atoms with Crippen LogP contribution in [0.25, 0.3) is 22.0 Å². The molecule has 170 valence electrons. The second-order valence-electron chi connectivity index (χ2n) is 7.62. The number of aromatic amines is 1. The summed E-state index contributed by atoms with van der Waals surface area (Å²) in [6.07, 6.45) is -1.22. The molecule has 0 aliphatic heterocycles. The van der Waals surface area contributed by atoms with Gasteiger partial charge in [-0.2, -0.15) is 18.3 Å². The number of rotatable bonds is 7. The maximum Gasteiger partial charge on any atom is 0.422 e. The number of amides is 1. The second kappa shape index (κ2) is 9.32. The number of nitrogens with zero attached hydrogens (tertiary/aromatic N) is 2. The molecule has 4 aromatic rings. The summed E-state index contributed by atoms with van der Waals surface area (Å²) in [5, 5.41) is 10.9. The third-order valence-corrected chi connectivity index (χ3v) is 5.10. The van der Waals surface area contributed by atoms with Crippen LogP contribution in [0.15, 0.2) is 67.0 Å². The number of carbonyl (C=O) groups excluding carboxylic acids is 1. The summed E-state index contributed by atoms with van der Waals surface area (Å²) in [4.78, 5) is 16.6. The summed E-state index contributed by atoms with van der Waals surface area (Å²) < 4.78 is 41.3. The maximum absolute atomic E-state index is 12.5. The van der Waals surface area contributed by atoms with Gasteiger partial charge in [0.1, 0.15) is 5.75 Å². The number of aromatic nitrogens is 3. The number of fused-ring (bicyclic) bond motifs is 1. The molecule has 1 amide bonds. The standard InChI is InChI=1S/C24H21F3N4O2/c1-15(21-10-9-18(12-28-21)33-14-24(25,26)27)30-23(32)11-16-5-7-17(8-6-16)19-3-2-4-22-20(19)13-29-31-22/h2-10,12-13,15H,11,14H2,1H3,(H,29,31)(H,30,32)/t15-/m1/s1. The van der Waals surface area contributed by atoms with Crippen molar-refractivity contribution >= 4 is 16.8 Å². The molecule has 33 heavy (non-hydrogen) atoms. The largest absolute Gasteiger partial charge is 0.483 e. The Labute approximate surface area is 187 Å². The van der Waals surface area contributed by atoms with Crippen molar-refractivity contribution in [3.63, 3.8) is 0 Å². The van der Waals surface area contributed by atoms with Crippen molar-refractivity contribution in [2.75, 3.05) is 6.61 Å². The van der Waals surface area contributed by atoms with Gasteiger partial charge in [-0.25, -0.2) is 0 Å². The van der Waals surface area contributed by atoms with Crippen LogP contribution in [-0.4, -0.2) is 33.9 Å². The Balaban J connectivity index is 1.34. The number of alkyl halides is 3. The zero-order chi connectivity index (χ0) is 23.4. The van der Waals surface area contributed by atoms with Gasteiger partial charge in [0.2, 0.25) is 5.91 Å². The van der Waals surface area contributed by atoms with Crippen molar-refractivity contribution in [3.05, 3.63) is 78.2 Å². The highest BCUT2D eigenvalue weighted by Crippen LogP contribution is 2.27. The third kappa shape index (κ3) is 5.68. The fourth-order valence-electron chi connectivity index (χ4n) is 3.47. The monoisotopic (exact) mass is 454 g/mol. The Bertz CT molecular complexity index is 1240. The van der Waals surface area contributed by atoms with E-state index in [1.807, 2.05) is 42.5 Å². The zero-order valence-corrected chi connectivity index (χ0v) is 17.7. The topological polar surface area (TPSA) is 79.9 Å². The number of benzene rings is 2. The Hall–Kier alpha value is -3.88. The van der Waals surface area contributed by atoms with Crippen molar-refractivity contribution < 1.29 is 22.7 Å². The summed E-state index contributed by atoms with van der Waals surface area (Å²) in [7, 11) is 0. The molecule has 2 N–H and O–H groups in total. The number of carbonyl (C=O) groups is 1. The molecule has 2 heterocycles. The third-order valence-electron chi connectivity index (χ3n) is 5.10. The van der Waals surface area contributed by atoms with E-state index in [0.717, 1.165) is 27.6 Å². The van der Waals surface area contributed by atoms with Crippen molar-refractivity contribution in [3.8, 4) is 16.9 Å². The predicted octanol–water partition coefficient (Wildman–Crippen LogP) is 4.99. The number of pyridine rings is 1. The average Bonchev–Trinajstić information content (AvgIpc) is 3.27. The summed E-state index contributed by atoms with van der Waals surface area (Å²) in [6, 6.07) is 16.2. The van der Waals surface area contributed by atoms with Gasteiger partial charge in [-0.15, -0.1) is 0 Å². The van der Waals surface area contributed by atoms with E-state index in [4.69, 9.17) is 0 Å². The molecule has 0 fully saturated rings. The van der Waals surface area contributed by atoms with Crippen LogP contribution in [0.1, 0.15) is 24.2 Å². The first-order chi connectivity index (χ1) is 15.8. The van der Waals surface area contributed by atoms with Crippen LogP contribution in [0.2, 0.25) is 0 Å². The lowest BCUT2D eigenvalue weighted by molar-refractivity contribution is -0.153. The van der Waals surface area contributed by atoms with E-state index < -0.39 is 18.8 Å². The lowest BCUT2D eigenvalue weighted by Crippen LogP contribution is -2.28. The number of nitrogens with one attached hydrogen (secondary N) is 2. The van der Waals surface area contributed by atoms with E-state index in [1.165, 1.54) is 18.3 Å². The van der Waals surface area contributed by atoms with Crippen LogP contribution in [0, 0.1) is 0 Å². The number of ether oxygens (including phenoxy) is 1. The Kier molecular flexibility index (Phi) is 6.30. The van der Waals surface area contributed by atoms with Crippen LogP contribution in [-0.2, 0) is 11.2 Å². The Morgan fingerprint density at radius 3 is 2.58 bits per heavy atom. The molecule has 0 spiro atoms. The number of hydrogen-bond donors (Lipinski definition) is 2. The first-order valence-electron chi connectivity index (χ1n) is 10.2. The number of halogens is 3. The fraction of sp³-hybridized carbons (Fsp3) is 0.208. The molecular weight excluding hydrogens is 433 g/mol. The zero-order valence-electron chi connectivity index (χ0n) is 17.7. The highest BCUT2D eigenvalue weighted by molar-refractivity contribution is 5.94. The van der Waals surface area contributed by atoms with Crippen molar-refractivity contribution in [1.82, 2.24) is 20.5 Å². The molecule has 0 radical (unpaired) electrons. The van der Waals surface area contributed by atoms with Gasteiger partial charge in [0.15, 0.2) is 6.61 Å². The van der Waals surface area contributed by atoms with Gasteiger partial charge in [-0.3, -0.25) is 14.9 Å². The summed E-state index contributed by atoms with van der Waals surface area (Å²) in [6.45, 7) is 0.376. The lowest BCUT2D eigenvalue weighted by atomic mass is 10.00. The first-order valence-corrected chi connectivity index (χ1v) is 10.2. The second-order valence-corrected chi connectivity index (χ2v) is 7.62. The van der Waals surface area contributed by atoms with Gasteiger partial charge < -0.3 is 10.1 Å². The summed E-state index contributed by atoms with van der Waals surface area (Å²) >= 11 is 0. The number of H-pyrrole nitrogens is 1. The lowest BCUT2D eigenvalue weighted by Gasteiger charge is -2.15. The van der Waals surface area contributed by atoms with Crippen LogP contribution in [0.3, 0.4) is 0 Å². The molecule has 0 aliphatic carbocycles. The fourth-order valence-corrected chi connectivity index (χ4v) is 3.47. The molecule has 0 unspecified atom stereocenters. The van der Waals surface area contributed by atoms with E-state index in [9.17, 15) is 18.0 Å². The minimum atomic E-state index is -4.41. The van der Waals surface area contributed by atoms with Gasteiger partial charge in [0, 0.05) is 5.39 Å². The van der Waals surface area contributed by atoms with Gasteiger partial charge >= 0.3 is 6.18 Å². The van der Waals surface area contributed by atoms with Gasteiger partial charge in [0.25, 0.3) is 0 Å². The Morgan fingerprint density at radius 2 is 1.88 bits per heavy atom. The highest BCUT2D eigenvalue weighted by atomic mass is 19.4. The molecule has 9 heteroatoms. The molecule has 0 saturated heterocycles. The SMILES string of the molecule is C[C@@H](NC(=O)Cc1ccc(-c2cccc3[nH]ncc23)cc1)c1ccc(OCC(F)(F)F)cn1. The minimum absolute atomic E-state index is 0.0146. The Morgan fingerprint density at radius 1 is 1.09 bits per heavy atom. The highest BCUT2D eigenvalue weighted by Gasteiger charge is 2.28. The maximum atomic E-state index is 12.5. The van der Waals surface area contributed by atoms with E-state index in [-0.39, 0.29) is 18.1 Å². The molecule has 0 aliphatic rings. The summed E-state index contributed by atoms with van der Waals surface area (Å²) in [5.74, 6) is -0.174. The predicted molar refractivity (Wildman–Crippen MR) is 118 cm³/mol. The van der Waals surface area contributed by atoms with Gasteiger partial charge in [-0.05, 0) is 41.8 Å². The first kappa shape index (κ1) is 22.3. The molecule has 4 rings (SSSR count). The van der Waals surface area contributed by atoms with Crippen molar-refractivity contribution in [2.24, 2.45) is 0 Å². The molecule has 0 bridgehead atoms. The van der Waals surface area contributed by atoms with Crippen molar-refractivity contribution in [2.45, 2.75) is 25.6 Å². The average molecular weight is 454 g/mol. The normalized spacial score (nSPS) is 12.5.